The molecule has 2 N–H and O–H groups in total. The third kappa shape index (κ3) is 4.64. The van der Waals surface area contributed by atoms with Gasteiger partial charge in [-0.1, -0.05) is 23.7 Å². The van der Waals surface area contributed by atoms with Crippen LogP contribution < -0.4 is 5.32 Å². The molecule has 1 aliphatic rings. The predicted octanol–water partition coefficient (Wildman–Crippen LogP) is 4.88. The van der Waals surface area contributed by atoms with E-state index < -0.39 is 27.6 Å². The lowest BCUT2D eigenvalue weighted by atomic mass is 9.89. The van der Waals surface area contributed by atoms with Crippen molar-refractivity contribution in [3.8, 4) is 0 Å². The zero-order valence-electron chi connectivity index (χ0n) is 18.0. The topological polar surface area (TPSA) is 74.8 Å². The van der Waals surface area contributed by atoms with Crippen molar-refractivity contribution in [3.63, 3.8) is 0 Å². The van der Waals surface area contributed by atoms with Gasteiger partial charge in [0.05, 0.1) is 36.2 Å². The van der Waals surface area contributed by atoms with Crippen molar-refractivity contribution in [3.05, 3.63) is 77.0 Å². The standard InChI is InChI=1S/C22H22ClF4N4O2S/c1-31(34(32,33)21-10-28-13-30-21)11-15(18(12-31)14-2-5-17(24)6-3-14)9-29-20-7-4-16(8-19(20)23)22(25,26)27/h2-8,10,13,15,18,29H,9,11-12H2,1H3,(H,28,30)/q+1/t15?,18-,31-/m0/s1. The highest BCUT2D eigenvalue weighted by Crippen LogP contribution is 2.41. The fourth-order valence-electron chi connectivity index (χ4n) is 4.44. The molecule has 0 aliphatic carbocycles. The molecule has 6 nitrogen and oxygen atoms in total. The molecular weight excluding hydrogens is 496 g/mol. The van der Waals surface area contributed by atoms with Gasteiger partial charge in [-0.2, -0.15) is 21.6 Å². The van der Waals surface area contributed by atoms with Crippen LogP contribution in [0.25, 0.3) is 0 Å². The number of aromatic nitrogens is 2. The van der Waals surface area contributed by atoms with E-state index in [0.29, 0.717) is 5.69 Å². The average Bonchev–Trinajstić information content (AvgIpc) is 3.42. The average molecular weight is 518 g/mol. The Bertz CT molecular complexity index is 1270. The molecular formula is C22H22ClF4N4O2S+. The number of imidazole rings is 1. The molecule has 0 amide bonds. The van der Waals surface area contributed by atoms with Crippen LogP contribution in [0.4, 0.5) is 23.2 Å². The Morgan fingerprint density at radius 1 is 1.18 bits per heavy atom. The Hall–Kier alpha value is -2.63. The number of hydrogen-bond acceptors (Lipinski definition) is 4. The maximum atomic E-state index is 13.5. The molecule has 1 unspecified atom stereocenters. The van der Waals surface area contributed by atoms with Crippen LogP contribution in [0.5, 0.6) is 0 Å². The smallest absolute Gasteiger partial charge is 0.383 e. The van der Waals surface area contributed by atoms with E-state index in [1.807, 2.05) is 0 Å². The Morgan fingerprint density at radius 2 is 1.88 bits per heavy atom. The van der Waals surface area contributed by atoms with Gasteiger partial charge in [0.25, 0.3) is 0 Å². The Labute approximate surface area is 199 Å². The van der Waals surface area contributed by atoms with Crippen LogP contribution in [0, 0.1) is 11.7 Å². The minimum absolute atomic E-state index is 0.0766. The predicted molar refractivity (Wildman–Crippen MR) is 119 cm³/mol. The van der Waals surface area contributed by atoms with Crippen LogP contribution in [-0.2, 0) is 16.2 Å². The molecule has 4 rings (SSSR count). The number of nitrogens with zero attached hydrogens (tertiary/aromatic N) is 2. The summed E-state index contributed by atoms with van der Waals surface area (Å²) in [6.07, 6.45) is -1.90. The second-order valence-corrected chi connectivity index (χ2v) is 11.2. The molecule has 1 fully saturated rings. The lowest BCUT2D eigenvalue weighted by molar-refractivity contribution is -0.773. The molecule has 3 aromatic rings. The second-order valence-electron chi connectivity index (χ2n) is 8.54. The van der Waals surface area contributed by atoms with Crippen LogP contribution in [-0.4, -0.2) is 49.0 Å². The number of sulfonamides is 1. The van der Waals surface area contributed by atoms with Gasteiger partial charge in [0.1, 0.15) is 12.4 Å². The normalized spacial score (nSPS) is 23.2. The van der Waals surface area contributed by atoms with Crippen LogP contribution in [0.2, 0.25) is 5.02 Å². The number of benzene rings is 2. The van der Waals surface area contributed by atoms with Crippen molar-refractivity contribution >= 4 is 27.3 Å². The summed E-state index contributed by atoms with van der Waals surface area (Å²) < 4.78 is 78.7. The summed E-state index contributed by atoms with van der Waals surface area (Å²) in [5.41, 5.74) is 0.219. The fourth-order valence-corrected chi connectivity index (χ4v) is 6.29. The molecule has 2 aromatic carbocycles. The van der Waals surface area contributed by atoms with Crippen LogP contribution in [0.1, 0.15) is 17.0 Å². The highest BCUT2D eigenvalue weighted by Gasteiger charge is 2.52. The third-order valence-corrected chi connectivity index (χ3v) is 8.76. The molecule has 1 saturated heterocycles. The van der Waals surface area contributed by atoms with E-state index in [1.165, 1.54) is 30.7 Å². The molecule has 0 saturated carbocycles. The Morgan fingerprint density at radius 3 is 2.47 bits per heavy atom. The number of alkyl halides is 3. The summed E-state index contributed by atoms with van der Waals surface area (Å²) in [7, 11) is -2.24. The molecule has 1 aliphatic heterocycles. The zero-order chi connectivity index (χ0) is 24.7. The van der Waals surface area contributed by atoms with Gasteiger partial charge in [-0.25, -0.2) is 13.3 Å². The maximum Gasteiger partial charge on any atom is 0.416 e. The minimum atomic E-state index is -4.51. The molecule has 3 atom stereocenters. The first-order chi connectivity index (χ1) is 15.9. The zero-order valence-corrected chi connectivity index (χ0v) is 19.6. The van der Waals surface area contributed by atoms with Crippen molar-refractivity contribution in [2.75, 3.05) is 32.0 Å². The van der Waals surface area contributed by atoms with Gasteiger partial charge in [0.2, 0.25) is 5.03 Å². The van der Waals surface area contributed by atoms with Gasteiger partial charge >= 0.3 is 16.2 Å². The summed E-state index contributed by atoms with van der Waals surface area (Å²) in [5, 5.41) is 2.90. The summed E-state index contributed by atoms with van der Waals surface area (Å²) >= 11 is 6.07. The Kier molecular flexibility index (Phi) is 6.38. The largest absolute Gasteiger partial charge is 0.416 e. The summed E-state index contributed by atoms with van der Waals surface area (Å²) in [6.45, 7) is 0.674. The molecule has 2 heterocycles. The minimum Gasteiger partial charge on any atom is -0.383 e. The molecule has 12 heteroatoms. The molecule has 0 bridgehead atoms. The number of quaternary nitrogens is 1. The number of likely N-dealkylation sites (tertiary alicyclic amines) is 1. The summed E-state index contributed by atoms with van der Waals surface area (Å²) in [4.78, 5) is 6.57. The lowest BCUT2D eigenvalue weighted by Crippen LogP contribution is -2.47. The van der Waals surface area contributed by atoms with E-state index in [4.69, 9.17) is 11.6 Å². The van der Waals surface area contributed by atoms with Gasteiger partial charge in [-0.15, -0.1) is 0 Å². The first kappa shape index (κ1) is 24.5. The number of hydrogen-bond donors (Lipinski definition) is 2. The van der Waals surface area contributed by atoms with Crippen LogP contribution in [0.15, 0.2) is 60.0 Å². The van der Waals surface area contributed by atoms with Crippen molar-refractivity contribution in [1.82, 2.24) is 9.97 Å². The number of nitrogens with one attached hydrogen (secondary N) is 2. The van der Waals surface area contributed by atoms with E-state index in [9.17, 15) is 26.0 Å². The molecule has 0 radical (unpaired) electrons. The fraction of sp³-hybridized carbons (Fsp3) is 0.318. The van der Waals surface area contributed by atoms with Crippen molar-refractivity contribution in [2.45, 2.75) is 17.1 Å². The van der Waals surface area contributed by atoms with Crippen LogP contribution >= 0.6 is 11.6 Å². The van der Waals surface area contributed by atoms with Crippen molar-refractivity contribution in [1.29, 1.82) is 0 Å². The van der Waals surface area contributed by atoms with Gasteiger partial charge in [0, 0.05) is 24.6 Å². The molecule has 0 spiro atoms. The third-order valence-electron chi connectivity index (χ3n) is 6.24. The van der Waals surface area contributed by atoms with Gasteiger partial charge < -0.3 is 10.3 Å². The summed E-state index contributed by atoms with van der Waals surface area (Å²) in [5.74, 6) is -0.920. The van der Waals surface area contributed by atoms with E-state index >= 15 is 0 Å². The number of H-pyrrole nitrogens is 1. The second kappa shape index (κ2) is 8.86. The quantitative estimate of drug-likeness (QED) is 0.361. The van der Waals surface area contributed by atoms with E-state index in [-0.39, 0.29) is 45.4 Å². The number of anilines is 1. The van der Waals surface area contributed by atoms with Crippen molar-refractivity contribution < 1.29 is 29.9 Å². The van der Waals surface area contributed by atoms with E-state index in [1.54, 1.807) is 19.2 Å². The molecule has 34 heavy (non-hydrogen) atoms. The monoisotopic (exact) mass is 517 g/mol. The van der Waals surface area contributed by atoms with Crippen LogP contribution in [0.3, 0.4) is 0 Å². The summed E-state index contributed by atoms with van der Waals surface area (Å²) in [6, 6.07) is 8.90. The van der Waals surface area contributed by atoms with Gasteiger partial charge in [-0.3, -0.25) is 0 Å². The number of likely N-dealkylation sites (N-methyl/N-ethyl adjacent to an activating group) is 1. The number of halogens is 5. The number of aromatic amines is 1. The highest BCUT2D eigenvalue weighted by atomic mass is 35.5. The highest BCUT2D eigenvalue weighted by molar-refractivity contribution is 7.85. The van der Waals surface area contributed by atoms with Gasteiger partial charge in [0.15, 0.2) is 0 Å². The molecule has 182 valence electrons. The number of rotatable bonds is 6. The maximum absolute atomic E-state index is 13.5. The first-order valence-electron chi connectivity index (χ1n) is 10.4. The van der Waals surface area contributed by atoms with E-state index in [0.717, 1.165) is 17.7 Å². The Balaban J connectivity index is 1.62. The first-order valence-corrected chi connectivity index (χ1v) is 12.2. The van der Waals surface area contributed by atoms with Gasteiger partial charge in [-0.05, 0) is 35.9 Å². The van der Waals surface area contributed by atoms with E-state index in [2.05, 4.69) is 15.3 Å². The lowest BCUT2D eigenvalue weighted by Gasteiger charge is -2.27. The molecule has 1 aromatic heterocycles. The SMILES string of the molecule is C[N@+]1(S(=O)(=O)c2c[nH]cn2)CC(CNc2ccc(C(F)(F)F)cc2Cl)[C@H](c2ccc(F)cc2)C1. The van der Waals surface area contributed by atoms with Crippen molar-refractivity contribution in [2.24, 2.45) is 5.92 Å².